The molecule has 12 nitrogen and oxygen atoms in total. The Kier molecular flexibility index (Phi) is 7.94. The van der Waals surface area contributed by atoms with E-state index in [-0.39, 0.29) is 13.0 Å². The molecular weight excluding hydrogens is 370 g/mol. The minimum Gasteiger partial charge on any atom is -0.394 e. The molecule has 2 unspecified atom stereocenters. The molecule has 1 aliphatic rings. The standard InChI is InChI=1S/C10H14N2O5.O5P2/c1-5-3-12(10(16)11-9(5)15)8-2-6(14)7(4-13)17-8;1-6(2)5-7(3)4/h3,6-8,13-14H,2,4H2,1H3,(H,11,15,16);/p+2/t6-,7+,8+;/m0./s1. The normalized spacial score (nSPS) is 24.1. The van der Waals surface area contributed by atoms with Gasteiger partial charge in [-0.15, -0.1) is 9.79 Å². The zero-order valence-corrected chi connectivity index (χ0v) is 14.1. The molecule has 0 radical (unpaired) electrons. The molecule has 1 aromatic rings. The minimum atomic E-state index is -2.92. The Morgan fingerprint density at radius 2 is 1.96 bits per heavy atom. The Morgan fingerprint density at radius 1 is 1.38 bits per heavy atom. The van der Waals surface area contributed by atoms with Crippen LogP contribution in [0.25, 0.3) is 0 Å². The number of aryl methyl sites for hydroxylation is 1. The van der Waals surface area contributed by atoms with Crippen LogP contribution in [-0.2, 0) is 18.2 Å². The van der Waals surface area contributed by atoms with Gasteiger partial charge in [-0.3, -0.25) is 14.3 Å². The number of aromatic amines is 1. The number of aromatic nitrogens is 2. The molecular formula is C10H16N2O10P2+2. The summed E-state index contributed by atoms with van der Waals surface area (Å²) >= 11 is 0. The van der Waals surface area contributed by atoms with Gasteiger partial charge in [0.05, 0.1) is 12.7 Å². The van der Waals surface area contributed by atoms with Crippen molar-refractivity contribution < 1.29 is 38.2 Å². The van der Waals surface area contributed by atoms with Crippen LogP contribution < -0.4 is 11.2 Å². The van der Waals surface area contributed by atoms with E-state index in [1.807, 2.05) is 0 Å². The maximum absolute atomic E-state index is 11.6. The van der Waals surface area contributed by atoms with Crippen molar-refractivity contribution in [2.24, 2.45) is 0 Å². The second kappa shape index (κ2) is 9.21. The predicted molar refractivity (Wildman–Crippen MR) is 78.4 cm³/mol. The Balaban J connectivity index is 0.000000351. The molecule has 1 aliphatic heterocycles. The molecule has 5 N–H and O–H groups in total. The average molecular weight is 386 g/mol. The molecule has 0 spiro atoms. The zero-order valence-electron chi connectivity index (χ0n) is 12.3. The van der Waals surface area contributed by atoms with Crippen molar-refractivity contribution in [2.45, 2.75) is 31.8 Å². The van der Waals surface area contributed by atoms with Crippen molar-refractivity contribution in [3.63, 3.8) is 0 Å². The summed E-state index contributed by atoms with van der Waals surface area (Å²) in [6, 6.07) is 0. The molecule has 0 aromatic carbocycles. The van der Waals surface area contributed by atoms with Crippen molar-refractivity contribution in [1.29, 1.82) is 0 Å². The highest BCUT2D eigenvalue weighted by atomic mass is 31.2. The third-order valence-corrected chi connectivity index (χ3v) is 4.10. The summed E-state index contributed by atoms with van der Waals surface area (Å²) in [6.45, 7) is 1.26. The molecule has 0 saturated carbocycles. The largest absolute Gasteiger partial charge is 0.745 e. The van der Waals surface area contributed by atoms with Crippen LogP contribution in [0.15, 0.2) is 15.8 Å². The van der Waals surface area contributed by atoms with Gasteiger partial charge in [-0.05, 0) is 6.92 Å². The Bertz CT molecular complexity index is 704. The Morgan fingerprint density at radius 3 is 2.38 bits per heavy atom. The third-order valence-electron chi connectivity index (χ3n) is 2.98. The quantitative estimate of drug-likeness (QED) is 0.393. The van der Waals surface area contributed by atoms with E-state index in [0.29, 0.717) is 5.56 Å². The van der Waals surface area contributed by atoms with E-state index < -0.39 is 46.2 Å². The van der Waals surface area contributed by atoms with Crippen LogP contribution in [0.2, 0.25) is 0 Å². The van der Waals surface area contributed by atoms with Crippen LogP contribution in [0.1, 0.15) is 18.2 Å². The molecule has 1 fully saturated rings. The number of aliphatic hydroxyl groups excluding tert-OH is 2. The zero-order chi connectivity index (χ0) is 18.4. The fourth-order valence-corrected chi connectivity index (χ4v) is 2.39. The predicted octanol–water partition coefficient (Wildman–Crippen LogP) is -1.21. The monoisotopic (exact) mass is 386 g/mol. The van der Waals surface area contributed by atoms with E-state index in [1.165, 1.54) is 10.8 Å². The number of hydrogen-bond donors (Lipinski definition) is 5. The van der Waals surface area contributed by atoms with E-state index in [1.54, 1.807) is 6.92 Å². The molecule has 24 heavy (non-hydrogen) atoms. The highest BCUT2D eigenvalue weighted by Crippen LogP contribution is 2.30. The second-order valence-corrected chi connectivity index (χ2v) is 6.26. The first-order valence-corrected chi connectivity index (χ1v) is 8.68. The maximum atomic E-state index is 11.6. The highest BCUT2D eigenvalue weighted by molar-refractivity contribution is 7.46. The summed E-state index contributed by atoms with van der Waals surface area (Å²) in [4.78, 5) is 40.2. The van der Waals surface area contributed by atoms with Gasteiger partial charge in [-0.25, -0.2) is 4.79 Å². The lowest BCUT2D eigenvalue weighted by Gasteiger charge is -2.14. The van der Waals surface area contributed by atoms with Gasteiger partial charge >= 0.3 is 22.2 Å². The van der Waals surface area contributed by atoms with Gasteiger partial charge < -0.3 is 14.9 Å². The molecule has 2 heterocycles. The van der Waals surface area contributed by atoms with Gasteiger partial charge in [-0.2, -0.15) is 0 Å². The number of H-pyrrole nitrogens is 1. The van der Waals surface area contributed by atoms with Gasteiger partial charge in [0.15, 0.2) is 4.31 Å². The van der Waals surface area contributed by atoms with E-state index in [4.69, 9.17) is 19.6 Å². The third kappa shape index (κ3) is 5.93. The van der Waals surface area contributed by atoms with E-state index >= 15 is 0 Å². The lowest BCUT2D eigenvalue weighted by molar-refractivity contribution is -0.0459. The van der Waals surface area contributed by atoms with Crippen molar-refractivity contribution in [1.82, 2.24) is 9.55 Å². The van der Waals surface area contributed by atoms with Gasteiger partial charge in [0.1, 0.15) is 12.3 Å². The van der Waals surface area contributed by atoms with Crippen molar-refractivity contribution in [3.8, 4) is 0 Å². The summed E-state index contributed by atoms with van der Waals surface area (Å²) in [6.07, 6.45) is -0.581. The molecule has 2 rings (SSSR count). The Labute approximate surface area is 136 Å². The average Bonchev–Trinajstić information content (AvgIpc) is 2.83. The first kappa shape index (κ1) is 20.7. The van der Waals surface area contributed by atoms with Gasteiger partial charge in [-0.1, -0.05) is 0 Å². The van der Waals surface area contributed by atoms with E-state index in [2.05, 4.69) is 9.29 Å². The summed E-state index contributed by atoms with van der Waals surface area (Å²) in [5, 5.41) is 18.5. The summed E-state index contributed by atoms with van der Waals surface area (Å²) in [7, 11) is -5.85. The van der Waals surface area contributed by atoms with Crippen LogP contribution in [0.3, 0.4) is 0 Å². The number of rotatable bonds is 4. The van der Waals surface area contributed by atoms with Crippen LogP contribution in [0.5, 0.6) is 0 Å². The van der Waals surface area contributed by atoms with Crippen LogP contribution in [-0.4, -0.2) is 48.4 Å². The van der Waals surface area contributed by atoms with Crippen molar-refractivity contribution >= 4 is 16.5 Å². The molecule has 134 valence electrons. The summed E-state index contributed by atoms with van der Waals surface area (Å²) < 4.78 is 28.7. The maximum Gasteiger partial charge on any atom is 0.745 e. The molecule has 14 heteroatoms. The Hall–Kier alpha value is -1.36. The summed E-state index contributed by atoms with van der Waals surface area (Å²) in [5.41, 5.74) is -0.643. The molecule has 0 bridgehead atoms. The SMILES string of the molecule is Cc1cn([C@H]2C[C@H](O)[C@@H](CO)O2)c(=O)[nH]c1=O.O=[P+](O)O[P+](=O)O. The molecule has 5 atom stereocenters. The molecule has 1 aromatic heterocycles. The number of hydrogen-bond acceptors (Lipinski definition) is 8. The van der Waals surface area contributed by atoms with Gasteiger partial charge in [0, 0.05) is 27.3 Å². The van der Waals surface area contributed by atoms with Crippen LogP contribution >= 0.6 is 16.5 Å². The fraction of sp³-hybridized carbons (Fsp3) is 0.600. The molecule has 0 aliphatic carbocycles. The molecule has 1 saturated heterocycles. The van der Waals surface area contributed by atoms with Crippen LogP contribution in [0, 0.1) is 6.92 Å². The van der Waals surface area contributed by atoms with Crippen molar-refractivity contribution in [2.75, 3.05) is 6.61 Å². The number of nitrogens with one attached hydrogen (secondary N) is 1. The second-order valence-electron chi connectivity index (χ2n) is 4.65. The van der Waals surface area contributed by atoms with Gasteiger partial charge in [0.2, 0.25) is 0 Å². The first-order chi connectivity index (χ1) is 11.1. The minimum absolute atomic E-state index is 0.205. The van der Waals surface area contributed by atoms with E-state index in [9.17, 15) is 23.8 Å². The molecule has 0 amide bonds. The lowest BCUT2D eigenvalue weighted by atomic mass is 10.2. The number of ether oxygens (including phenoxy) is 1. The van der Waals surface area contributed by atoms with E-state index in [0.717, 1.165) is 0 Å². The van der Waals surface area contributed by atoms with Crippen molar-refractivity contribution in [3.05, 3.63) is 32.6 Å². The highest BCUT2D eigenvalue weighted by Gasteiger charge is 2.35. The van der Waals surface area contributed by atoms with Gasteiger partial charge in [0.25, 0.3) is 5.56 Å². The van der Waals surface area contributed by atoms with Crippen LogP contribution in [0.4, 0.5) is 0 Å². The lowest BCUT2D eigenvalue weighted by Crippen LogP contribution is -2.33. The summed E-state index contributed by atoms with van der Waals surface area (Å²) in [5.74, 6) is 0. The smallest absolute Gasteiger partial charge is 0.394 e. The first-order valence-electron chi connectivity index (χ1n) is 6.42. The number of aliphatic hydroxyl groups is 2. The topological polar surface area (TPSA) is 188 Å². The fourth-order valence-electron chi connectivity index (χ4n) is 1.91. The number of nitrogens with zero attached hydrogens (tertiary/aromatic N) is 1.